The molecular formula is C27H28N2O3S. The molecule has 0 radical (unpaired) electrons. The molecule has 33 heavy (non-hydrogen) atoms. The third-order valence-electron chi connectivity index (χ3n) is 5.77. The maximum Gasteiger partial charge on any atom is 0.251 e. The molecule has 0 aliphatic carbocycles. The van der Waals surface area contributed by atoms with Gasteiger partial charge in [0.25, 0.3) is 5.91 Å². The number of hydrogen-bond acceptors (Lipinski definition) is 3. The first kappa shape index (κ1) is 22.9. The van der Waals surface area contributed by atoms with E-state index >= 15 is 0 Å². The van der Waals surface area contributed by atoms with Crippen LogP contribution in [0.5, 0.6) is 0 Å². The molecule has 2 amide bonds. The van der Waals surface area contributed by atoms with Crippen molar-refractivity contribution >= 4 is 22.6 Å². The van der Waals surface area contributed by atoms with Crippen LogP contribution in [0.2, 0.25) is 0 Å². The Morgan fingerprint density at radius 1 is 0.909 bits per heavy atom. The van der Waals surface area contributed by atoms with Gasteiger partial charge in [0.15, 0.2) is 0 Å². The molecule has 1 fully saturated rings. The summed E-state index contributed by atoms with van der Waals surface area (Å²) < 4.78 is 12.8. The molecule has 1 N–H and O–H groups in total. The summed E-state index contributed by atoms with van der Waals surface area (Å²) in [7, 11) is -1.35. The van der Waals surface area contributed by atoms with E-state index in [9.17, 15) is 13.8 Å². The lowest BCUT2D eigenvalue weighted by atomic mass is 10.1. The lowest BCUT2D eigenvalue weighted by Gasteiger charge is -2.24. The van der Waals surface area contributed by atoms with Gasteiger partial charge in [0.2, 0.25) is 5.91 Å². The zero-order valence-corrected chi connectivity index (χ0v) is 19.3. The summed E-state index contributed by atoms with van der Waals surface area (Å²) >= 11 is 0. The van der Waals surface area contributed by atoms with Crippen LogP contribution in [0.4, 0.5) is 0 Å². The average Bonchev–Trinajstić information content (AvgIpc) is 3.12. The normalized spacial score (nSPS) is 17.8. The quantitative estimate of drug-likeness (QED) is 0.486. The molecule has 3 aromatic carbocycles. The molecule has 0 saturated carbocycles. The third kappa shape index (κ3) is 5.96. The van der Waals surface area contributed by atoms with Gasteiger partial charge in [-0.05, 0) is 48.1 Å². The van der Waals surface area contributed by atoms with Gasteiger partial charge in [0, 0.05) is 18.7 Å². The highest BCUT2D eigenvalue weighted by Gasteiger charge is 2.38. The number of unbranched alkanes of at least 4 members (excludes halogenated alkanes) is 1. The van der Waals surface area contributed by atoms with Crippen molar-refractivity contribution in [2.24, 2.45) is 0 Å². The Morgan fingerprint density at radius 2 is 1.61 bits per heavy atom. The highest BCUT2D eigenvalue weighted by atomic mass is 32.2. The standard InChI is InChI=1S/C27H28N2O3S/c30-25-20-33(32)27(29(25)19-22-13-5-2-6-14-22)24-16-9-15-23(18-24)26(31)28-17-8-7-12-21-10-3-1-4-11-21/h1-6,9-11,13-16,18,27H,7-8,12,17,19-20H2,(H,28,31). The third-order valence-corrected chi connectivity index (χ3v) is 7.32. The Balaban J connectivity index is 1.37. The largest absolute Gasteiger partial charge is 0.352 e. The Kier molecular flexibility index (Phi) is 7.68. The van der Waals surface area contributed by atoms with E-state index in [0.29, 0.717) is 18.7 Å². The van der Waals surface area contributed by atoms with Crippen molar-refractivity contribution in [3.63, 3.8) is 0 Å². The van der Waals surface area contributed by atoms with Crippen molar-refractivity contribution in [2.75, 3.05) is 12.3 Å². The van der Waals surface area contributed by atoms with E-state index in [1.807, 2.05) is 54.6 Å². The maximum absolute atomic E-state index is 12.8. The minimum Gasteiger partial charge on any atom is -0.352 e. The van der Waals surface area contributed by atoms with Crippen molar-refractivity contribution < 1.29 is 13.8 Å². The molecule has 2 unspecified atom stereocenters. The first-order valence-electron chi connectivity index (χ1n) is 11.2. The summed E-state index contributed by atoms with van der Waals surface area (Å²) in [5.41, 5.74) is 3.54. The van der Waals surface area contributed by atoms with Gasteiger partial charge in [-0.1, -0.05) is 72.8 Å². The van der Waals surface area contributed by atoms with Crippen molar-refractivity contribution in [1.29, 1.82) is 0 Å². The highest BCUT2D eigenvalue weighted by Crippen LogP contribution is 2.32. The van der Waals surface area contributed by atoms with Crippen LogP contribution in [0.3, 0.4) is 0 Å². The van der Waals surface area contributed by atoms with Crippen LogP contribution in [0.15, 0.2) is 84.9 Å². The molecule has 0 spiro atoms. The van der Waals surface area contributed by atoms with Crippen molar-refractivity contribution in [2.45, 2.75) is 31.2 Å². The SMILES string of the molecule is O=C(NCCCCc1ccccc1)c1cccc(C2N(Cc3ccccc3)C(=O)CS2=O)c1. The zero-order chi connectivity index (χ0) is 23.0. The smallest absolute Gasteiger partial charge is 0.251 e. The van der Waals surface area contributed by atoms with Gasteiger partial charge in [-0.3, -0.25) is 13.8 Å². The number of carbonyl (C=O) groups excluding carboxylic acids is 2. The fourth-order valence-corrected chi connectivity index (χ4v) is 5.57. The number of rotatable bonds is 9. The van der Waals surface area contributed by atoms with E-state index in [1.165, 1.54) is 5.56 Å². The van der Waals surface area contributed by atoms with Gasteiger partial charge in [-0.15, -0.1) is 0 Å². The molecule has 2 atom stereocenters. The maximum atomic E-state index is 12.8. The molecule has 6 heteroatoms. The minimum absolute atomic E-state index is 0.00926. The molecule has 0 aromatic heterocycles. The summed E-state index contributed by atoms with van der Waals surface area (Å²) in [4.78, 5) is 26.9. The number of amides is 2. The van der Waals surface area contributed by atoms with Crippen LogP contribution in [0, 0.1) is 0 Å². The molecule has 170 valence electrons. The van der Waals surface area contributed by atoms with Gasteiger partial charge >= 0.3 is 0 Å². The van der Waals surface area contributed by atoms with Gasteiger partial charge in [-0.2, -0.15) is 0 Å². The minimum atomic E-state index is -1.35. The van der Waals surface area contributed by atoms with E-state index in [-0.39, 0.29) is 17.6 Å². The molecule has 1 aliphatic heterocycles. The predicted octanol–water partition coefficient (Wildman–Crippen LogP) is 4.23. The Bertz CT molecular complexity index is 1120. The van der Waals surface area contributed by atoms with Crippen LogP contribution in [-0.4, -0.2) is 33.2 Å². The molecule has 3 aromatic rings. The van der Waals surface area contributed by atoms with Gasteiger partial charge in [-0.25, -0.2) is 0 Å². The van der Waals surface area contributed by atoms with Crippen LogP contribution >= 0.6 is 0 Å². The van der Waals surface area contributed by atoms with E-state index in [4.69, 9.17) is 0 Å². The molecule has 0 bridgehead atoms. The topological polar surface area (TPSA) is 66.5 Å². The number of benzene rings is 3. The summed E-state index contributed by atoms with van der Waals surface area (Å²) in [6, 6.07) is 27.1. The Morgan fingerprint density at radius 3 is 2.33 bits per heavy atom. The van der Waals surface area contributed by atoms with Gasteiger partial charge in [0.1, 0.15) is 11.1 Å². The van der Waals surface area contributed by atoms with E-state index < -0.39 is 16.2 Å². The van der Waals surface area contributed by atoms with Crippen LogP contribution in [0.25, 0.3) is 0 Å². The second-order valence-electron chi connectivity index (χ2n) is 8.21. The summed E-state index contributed by atoms with van der Waals surface area (Å²) in [6.45, 7) is 0.998. The molecule has 4 rings (SSSR count). The lowest BCUT2D eigenvalue weighted by Crippen LogP contribution is -2.29. The number of nitrogens with one attached hydrogen (secondary N) is 1. The molecule has 1 heterocycles. The number of hydrogen-bond donors (Lipinski definition) is 1. The van der Waals surface area contributed by atoms with Gasteiger partial charge < -0.3 is 10.2 Å². The Hall–Kier alpha value is -3.25. The summed E-state index contributed by atoms with van der Waals surface area (Å²) in [6.07, 6.45) is 2.89. The number of carbonyl (C=O) groups is 2. The number of aryl methyl sites for hydroxylation is 1. The van der Waals surface area contributed by atoms with E-state index in [2.05, 4.69) is 17.4 Å². The van der Waals surface area contributed by atoms with Crippen molar-refractivity contribution in [3.05, 3.63) is 107 Å². The highest BCUT2D eigenvalue weighted by molar-refractivity contribution is 7.86. The Labute approximate surface area is 197 Å². The fourth-order valence-electron chi connectivity index (χ4n) is 4.08. The first-order chi connectivity index (χ1) is 16.1. The van der Waals surface area contributed by atoms with Crippen molar-refractivity contribution in [3.8, 4) is 0 Å². The fraction of sp³-hybridized carbons (Fsp3) is 0.259. The summed E-state index contributed by atoms with van der Waals surface area (Å²) in [5.74, 6) is -0.272. The summed E-state index contributed by atoms with van der Waals surface area (Å²) in [5, 5.41) is 2.43. The van der Waals surface area contributed by atoms with Crippen LogP contribution < -0.4 is 5.32 Å². The average molecular weight is 461 g/mol. The second-order valence-corrected chi connectivity index (χ2v) is 9.71. The first-order valence-corrected chi connectivity index (χ1v) is 12.6. The van der Waals surface area contributed by atoms with Crippen LogP contribution in [-0.2, 0) is 28.6 Å². The van der Waals surface area contributed by atoms with Crippen molar-refractivity contribution in [1.82, 2.24) is 10.2 Å². The van der Waals surface area contributed by atoms with Crippen LogP contribution in [0.1, 0.15) is 45.3 Å². The van der Waals surface area contributed by atoms with Gasteiger partial charge in [0.05, 0.1) is 10.8 Å². The monoisotopic (exact) mass is 460 g/mol. The van der Waals surface area contributed by atoms with E-state index in [1.54, 1.807) is 23.1 Å². The molecule has 1 aliphatic rings. The predicted molar refractivity (Wildman–Crippen MR) is 131 cm³/mol. The molecule has 5 nitrogen and oxygen atoms in total. The lowest BCUT2D eigenvalue weighted by molar-refractivity contribution is -0.128. The number of nitrogens with zero attached hydrogens (tertiary/aromatic N) is 1. The zero-order valence-electron chi connectivity index (χ0n) is 18.5. The molecule has 1 saturated heterocycles. The van der Waals surface area contributed by atoms with E-state index in [0.717, 1.165) is 30.4 Å². The second kappa shape index (κ2) is 11.1. The molecular weight excluding hydrogens is 432 g/mol.